The van der Waals surface area contributed by atoms with Crippen molar-refractivity contribution in [3.8, 4) is 6.07 Å². The zero-order chi connectivity index (χ0) is 31.2. The van der Waals surface area contributed by atoms with Gasteiger partial charge in [-0.3, -0.25) is 14.7 Å². The molecule has 2 saturated heterocycles. The number of benzene rings is 5. The van der Waals surface area contributed by atoms with Gasteiger partial charge in [-0.1, -0.05) is 102 Å². The molecule has 5 aromatic carbocycles. The average molecular weight is 611 g/mol. The Morgan fingerprint density at radius 3 is 1.89 bits per heavy atom. The topological polar surface area (TPSA) is 70.8 Å². The first-order chi connectivity index (χ1) is 21.9. The number of hydrogen-bond donors (Lipinski definition) is 1. The molecule has 0 aromatic heterocycles. The fourth-order valence-electron chi connectivity index (χ4n) is 6.98. The van der Waals surface area contributed by atoms with E-state index in [9.17, 15) is 15.2 Å². The number of amides is 2. The van der Waals surface area contributed by atoms with Crippen LogP contribution in [-0.2, 0) is 5.72 Å². The molecular weight excluding hydrogens is 580 g/mol. The monoisotopic (exact) mass is 610 g/mol. The highest BCUT2D eigenvalue weighted by Crippen LogP contribution is 2.56. The van der Waals surface area contributed by atoms with Gasteiger partial charge in [0.15, 0.2) is 5.72 Å². The molecule has 2 aliphatic rings. The van der Waals surface area contributed by atoms with Crippen molar-refractivity contribution in [2.24, 2.45) is 0 Å². The maximum Gasteiger partial charge on any atom is 0.332 e. The number of urea groups is 1. The van der Waals surface area contributed by atoms with Crippen LogP contribution in [0.5, 0.6) is 0 Å². The standard InChI is InChI=1S/C38H31ClN4O2/c1-27-15-19-33(20-16-27)42-36(44)43(34-21-17-32(39)18-22-34)38(45,31-14-8-9-28(23-31)24-40)37(42)25-41(26-37)35(29-10-4-2-5-11-29)30-12-6-3-7-13-30/h2-23,35,45H,25-26H2,1H3. The van der Waals surface area contributed by atoms with Gasteiger partial charge >= 0.3 is 6.03 Å². The summed E-state index contributed by atoms with van der Waals surface area (Å²) in [6, 6.07) is 44.0. The van der Waals surface area contributed by atoms with E-state index < -0.39 is 11.3 Å². The van der Waals surface area contributed by atoms with E-state index in [1.165, 1.54) is 4.90 Å². The number of rotatable bonds is 6. The van der Waals surface area contributed by atoms with Gasteiger partial charge < -0.3 is 5.11 Å². The van der Waals surface area contributed by atoms with Crippen molar-refractivity contribution in [2.45, 2.75) is 24.2 Å². The van der Waals surface area contributed by atoms with E-state index >= 15 is 0 Å². The van der Waals surface area contributed by atoms with Crippen LogP contribution in [0.2, 0.25) is 5.02 Å². The third kappa shape index (κ3) is 4.60. The smallest absolute Gasteiger partial charge is 0.332 e. The molecule has 2 aliphatic heterocycles. The predicted molar refractivity (Wildman–Crippen MR) is 177 cm³/mol. The fourth-order valence-corrected chi connectivity index (χ4v) is 7.11. The summed E-state index contributed by atoms with van der Waals surface area (Å²) in [4.78, 5) is 20.4. The number of aryl methyl sites for hydroxylation is 1. The second-order valence-electron chi connectivity index (χ2n) is 11.8. The van der Waals surface area contributed by atoms with E-state index in [-0.39, 0.29) is 12.1 Å². The zero-order valence-corrected chi connectivity index (χ0v) is 25.5. The summed E-state index contributed by atoms with van der Waals surface area (Å²) in [5, 5.41) is 23.7. The number of nitriles is 1. The summed E-state index contributed by atoms with van der Waals surface area (Å²) in [6.45, 7) is 2.72. The van der Waals surface area contributed by atoms with Crippen molar-refractivity contribution < 1.29 is 9.90 Å². The Morgan fingerprint density at radius 2 is 1.31 bits per heavy atom. The van der Waals surface area contributed by atoms with Crippen LogP contribution < -0.4 is 9.80 Å². The molecule has 0 saturated carbocycles. The van der Waals surface area contributed by atoms with Crippen molar-refractivity contribution in [3.63, 3.8) is 0 Å². The lowest BCUT2D eigenvalue weighted by Gasteiger charge is -2.59. The molecule has 1 unspecified atom stereocenters. The average Bonchev–Trinajstić information content (AvgIpc) is 3.27. The third-order valence-corrected chi connectivity index (χ3v) is 9.33. The summed E-state index contributed by atoms with van der Waals surface area (Å²) in [7, 11) is 0. The van der Waals surface area contributed by atoms with Gasteiger partial charge in [0.05, 0.1) is 17.7 Å². The Morgan fingerprint density at radius 1 is 0.756 bits per heavy atom. The first kappa shape index (κ1) is 28.8. The van der Waals surface area contributed by atoms with Crippen LogP contribution in [-0.4, -0.2) is 34.7 Å². The van der Waals surface area contributed by atoms with Crippen molar-refractivity contribution in [1.29, 1.82) is 5.26 Å². The van der Waals surface area contributed by atoms with Gasteiger partial charge in [-0.2, -0.15) is 5.26 Å². The van der Waals surface area contributed by atoms with E-state index in [2.05, 4.69) is 35.2 Å². The molecular formula is C38H31ClN4O2. The number of aliphatic hydroxyl groups is 1. The summed E-state index contributed by atoms with van der Waals surface area (Å²) in [6.07, 6.45) is 0. The van der Waals surface area contributed by atoms with Gasteiger partial charge in [0.25, 0.3) is 0 Å². The molecule has 1 atom stereocenters. The van der Waals surface area contributed by atoms with Gasteiger partial charge in [0.2, 0.25) is 0 Å². The number of carbonyl (C=O) groups is 1. The van der Waals surface area contributed by atoms with Crippen LogP contribution in [0.15, 0.2) is 133 Å². The normalized spacial score (nSPS) is 19.1. The van der Waals surface area contributed by atoms with Crippen LogP contribution in [0.4, 0.5) is 16.2 Å². The molecule has 0 bridgehead atoms. The molecule has 0 radical (unpaired) electrons. The Hall–Kier alpha value is -4.93. The highest BCUT2D eigenvalue weighted by Gasteiger charge is 2.73. The van der Waals surface area contributed by atoms with Crippen LogP contribution >= 0.6 is 11.6 Å². The number of carbonyl (C=O) groups excluding carboxylic acids is 1. The molecule has 6 nitrogen and oxygen atoms in total. The second-order valence-corrected chi connectivity index (χ2v) is 12.2. The molecule has 5 aromatic rings. The highest BCUT2D eigenvalue weighted by atomic mass is 35.5. The molecule has 222 valence electrons. The van der Waals surface area contributed by atoms with E-state index in [4.69, 9.17) is 11.6 Å². The van der Waals surface area contributed by atoms with Crippen molar-refractivity contribution >= 4 is 29.0 Å². The number of likely N-dealkylation sites (tertiary alicyclic amines) is 1. The lowest BCUT2D eigenvalue weighted by atomic mass is 9.72. The van der Waals surface area contributed by atoms with Crippen LogP contribution in [0.3, 0.4) is 0 Å². The number of nitrogens with zero attached hydrogens (tertiary/aromatic N) is 4. The molecule has 1 N–H and O–H groups in total. The van der Waals surface area contributed by atoms with E-state index in [1.807, 2.05) is 67.6 Å². The van der Waals surface area contributed by atoms with Crippen molar-refractivity contribution in [2.75, 3.05) is 22.9 Å². The second kappa shape index (κ2) is 11.2. The number of halogens is 1. The lowest BCUT2D eigenvalue weighted by Crippen LogP contribution is -2.77. The van der Waals surface area contributed by atoms with Crippen LogP contribution in [0.1, 0.15) is 33.9 Å². The summed E-state index contributed by atoms with van der Waals surface area (Å²) in [5.41, 5.74) is 2.40. The lowest BCUT2D eigenvalue weighted by molar-refractivity contribution is -0.0999. The maximum absolute atomic E-state index is 14.8. The SMILES string of the molecule is Cc1ccc(N2C(=O)N(c3ccc(Cl)cc3)C(O)(c3cccc(C#N)c3)C23CN(C(c2ccccc2)c2ccccc2)C3)cc1. The molecule has 0 aliphatic carbocycles. The minimum absolute atomic E-state index is 0.104. The minimum atomic E-state index is -1.84. The van der Waals surface area contributed by atoms with E-state index in [0.29, 0.717) is 40.6 Å². The van der Waals surface area contributed by atoms with Gasteiger partial charge in [-0.25, -0.2) is 4.79 Å². The first-order valence-electron chi connectivity index (χ1n) is 14.9. The molecule has 2 fully saturated rings. The molecule has 7 rings (SSSR count). The maximum atomic E-state index is 14.8. The zero-order valence-electron chi connectivity index (χ0n) is 24.7. The van der Waals surface area contributed by atoms with Crippen LogP contribution in [0, 0.1) is 18.3 Å². The Kier molecular flexibility index (Phi) is 7.18. The predicted octanol–water partition coefficient (Wildman–Crippen LogP) is 7.66. The van der Waals surface area contributed by atoms with Crippen molar-refractivity contribution in [1.82, 2.24) is 4.90 Å². The Bertz CT molecular complexity index is 1850. The molecule has 1 spiro atoms. The van der Waals surface area contributed by atoms with Crippen molar-refractivity contribution in [3.05, 3.63) is 166 Å². The summed E-state index contributed by atoms with van der Waals surface area (Å²) < 4.78 is 0. The van der Waals surface area contributed by atoms with Gasteiger partial charge in [0.1, 0.15) is 5.54 Å². The quantitative estimate of drug-likeness (QED) is 0.214. The van der Waals surface area contributed by atoms with E-state index in [0.717, 1.165) is 16.7 Å². The molecule has 2 heterocycles. The van der Waals surface area contributed by atoms with Gasteiger partial charge in [0, 0.05) is 35.1 Å². The highest BCUT2D eigenvalue weighted by molar-refractivity contribution is 6.30. The van der Waals surface area contributed by atoms with Gasteiger partial charge in [-0.05, 0) is 66.6 Å². The largest absolute Gasteiger partial charge is 0.364 e. The summed E-state index contributed by atoms with van der Waals surface area (Å²) in [5.74, 6) is 0. The Labute approximate surface area is 267 Å². The molecule has 45 heavy (non-hydrogen) atoms. The third-order valence-electron chi connectivity index (χ3n) is 9.08. The fraction of sp³-hybridized carbons (Fsp3) is 0.158. The number of anilines is 2. The Balaban J connectivity index is 1.44. The molecule has 7 heteroatoms. The molecule has 2 amide bonds. The number of hydrogen-bond acceptors (Lipinski definition) is 4. The van der Waals surface area contributed by atoms with Crippen LogP contribution in [0.25, 0.3) is 0 Å². The van der Waals surface area contributed by atoms with E-state index in [1.54, 1.807) is 53.4 Å². The van der Waals surface area contributed by atoms with Gasteiger partial charge in [-0.15, -0.1) is 0 Å². The summed E-state index contributed by atoms with van der Waals surface area (Å²) >= 11 is 6.27. The first-order valence-corrected chi connectivity index (χ1v) is 15.3. The minimum Gasteiger partial charge on any atom is -0.364 e.